The summed E-state index contributed by atoms with van der Waals surface area (Å²) >= 11 is 0. The van der Waals surface area contributed by atoms with Crippen molar-refractivity contribution in [3.63, 3.8) is 0 Å². The molecule has 1 heterocycles. The molecule has 0 fully saturated rings. The van der Waals surface area contributed by atoms with Crippen molar-refractivity contribution in [1.82, 2.24) is 0 Å². The van der Waals surface area contributed by atoms with Crippen molar-refractivity contribution in [2.75, 3.05) is 6.79 Å². The van der Waals surface area contributed by atoms with Gasteiger partial charge in [-0.2, -0.15) is 0 Å². The van der Waals surface area contributed by atoms with Gasteiger partial charge in [-0.1, -0.05) is 19.2 Å². The third-order valence-electron chi connectivity index (χ3n) is 2.32. The fraction of sp³-hybridized carbons (Fsp3) is 0.143. The maximum absolute atomic E-state index is 10.5. The quantitative estimate of drug-likeness (QED) is 0.806. The van der Waals surface area contributed by atoms with Crippen LogP contribution in [0.1, 0.15) is 5.56 Å². The molecule has 0 atom stereocenters. The molecule has 106 valence electrons. The van der Waals surface area contributed by atoms with Crippen LogP contribution in [-0.4, -0.2) is 23.8 Å². The molecular formula is C14H13O6-. The number of carbonyl (C=O) groups is 2. The summed E-state index contributed by atoms with van der Waals surface area (Å²) in [6.07, 6.45) is 1.08. The maximum Gasteiger partial charge on any atom is 0.327 e. The number of carboxylic acid groups (broad SMARTS) is 2. The molecule has 1 aromatic rings. The van der Waals surface area contributed by atoms with Crippen LogP contribution in [0.15, 0.2) is 43.0 Å². The lowest BCUT2D eigenvalue weighted by atomic mass is 10.1. The van der Waals surface area contributed by atoms with Gasteiger partial charge in [0.1, 0.15) is 0 Å². The average molecular weight is 277 g/mol. The molecule has 0 amide bonds. The zero-order valence-corrected chi connectivity index (χ0v) is 10.6. The molecule has 0 bridgehead atoms. The second-order valence-electron chi connectivity index (χ2n) is 3.80. The van der Waals surface area contributed by atoms with Crippen LogP contribution in [-0.2, 0) is 16.0 Å². The Hall–Kier alpha value is -2.76. The molecule has 0 aromatic heterocycles. The summed E-state index contributed by atoms with van der Waals surface area (Å²) in [5, 5.41) is 18.1. The molecule has 6 heteroatoms. The fourth-order valence-corrected chi connectivity index (χ4v) is 1.37. The number of fused-ring (bicyclic) bond motifs is 1. The van der Waals surface area contributed by atoms with Crippen molar-refractivity contribution in [2.24, 2.45) is 0 Å². The van der Waals surface area contributed by atoms with Gasteiger partial charge in [-0.05, 0) is 29.7 Å². The lowest BCUT2D eigenvalue weighted by molar-refractivity contribution is -0.299. The van der Waals surface area contributed by atoms with Gasteiger partial charge in [0.25, 0.3) is 0 Å². The SMILES string of the molecule is C=C(Cc1ccc2c(c1)OCO2)C(=O)[O-].C=CC(=O)O. The third-order valence-corrected chi connectivity index (χ3v) is 2.32. The third kappa shape index (κ3) is 4.49. The van der Waals surface area contributed by atoms with Gasteiger partial charge >= 0.3 is 5.97 Å². The molecule has 1 aromatic carbocycles. The standard InChI is InChI=1S/C11H10O4.C3H4O2/c1-7(11(12)13)4-8-2-3-9-10(5-8)15-6-14-9;1-2-3(4)5/h2-3,5H,1,4,6H2,(H,12,13);2H,1H2,(H,4,5)/p-1. The molecule has 20 heavy (non-hydrogen) atoms. The second-order valence-corrected chi connectivity index (χ2v) is 3.80. The summed E-state index contributed by atoms with van der Waals surface area (Å²) in [6.45, 7) is 6.58. The fourth-order valence-electron chi connectivity index (χ4n) is 1.37. The average Bonchev–Trinajstić information content (AvgIpc) is 2.86. The van der Waals surface area contributed by atoms with Gasteiger partial charge in [-0.15, -0.1) is 0 Å². The van der Waals surface area contributed by atoms with Crippen LogP contribution in [0.5, 0.6) is 11.5 Å². The highest BCUT2D eigenvalue weighted by molar-refractivity contribution is 5.84. The number of hydrogen-bond acceptors (Lipinski definition) is 5. The summed E-state index contributed by atoms with van der Waals surface area (Å²) in [5.41, 5.74) is 0.863. The number of carboxylic acids is 2. The minimum atomic E-state index is -1.23. The van der Waals surface area contributed by atoms with E-state index in [2.05, 4.69) is 13.2 Å². The first-order valence-corrected chi connectivity index (χ1v) is 5.57. The number of carbonyl (C=O) groups excluding carboxylic acids is 1. The predicted octanol–water partition coefficient (Wildman–Crippen LogP) is 0.521. The smallest absolute Gasteiger partial charge is 0.327 e. The van der Waals surface area contributed by atoms with Gasteiger partial charge in [0, 0.05) is 6.08 Å². The van der Waals surface area contributed by atoms with Crippen molar-refractivity contribution in [3.05, 3.63) is 48.6 Å². The molecule has 0 saturated carbocycles. The maximum atomic E-state index is 10.5. The van der Waals surface area contributed by atoms with Crippen LogP contribution in [0.2, 0.25) is 0 Å². The summed E-state index contributed by atoms with van der Waals surface area (Å²) in [6, 6.07) is 5.28. The molecule has 1 aliphatic heterocycles. The van der Waals surface area contributed by atoms with Gasteiger partial charge in [-0.3, -0.25) is 0 Å². The number of benzene rings is 1. The Morgan fingerprint density at radius 2 is 1.95 bits per heavy atom. The Balaban J connectivity index is 0.000000347. The first-order chi connectivity index (χ1) is 9.43. The van der Waals surface area contributed by atoms with E-state index in [9.17, 15) is 14.7 Å². The van der Waals surface area contributed by atoms with E-state index in [1.807, 2.05) is 0 Å². The number of ether oxygens (including phenoxy) is 2. The van der Waals surface area contributed by atoms with E-state index in [4.69, 9.17) is 14.6 Å². The molecule has 1 aliphatic rings. The Bertz CT molecular complexity index is 547. The number of hydrogen-bond donors (Lipinski definition) is 1. The van der Waals surface area contributed by atoms with E-state index in [1.54, 1.807) is 18.2 Å². The molecule has 0 saturated heterocycles. The van der Waals surface area contributed by atoms with Gasteiger partial charge < -0.3 is 24.5 Å². The first-order valence-electron chi connectivity index (χ1n) is 5.57. The zero-order valence-electron chi connectivity index (χ0n) is 10.6. The van der Waals surface area contributed by atoms with E-state index >= 15 is 0 Å². The Morgan fingerprint density at radius 3 is 2.50 bits per heavy atom. The molecule has 0 aliphatic carbocycles. The Labute approximate surface area is 115 Å². The van der Waals surface area contributed by atoms with Crippen LogP contribution in [0.3, 0.4) is 0 Å². The summed E-state index contributed by atoms with van der Waals surface area (Å²) in [4.78, 5) is 19.7. The largest absolute Gasteiger partial charge is 0.545 e. The predicted molar refractivity (Wildman–Crippen MR) is 68.2 cm³/mol. The minimum absolute atomic E-state index is 0.0499. The van der Waals surface area contributed by atoms with Crippen molar-refractivity contribution in [3.8, 4) is 11.5 Å². The van der Waals surface area contributed by atoms with Crippen molar-refractivity contribution in [1.29, 1.82) is 0 Å². The van der Waals surface area contributed by atoms with E-state index in [1.165, 1.54) is 0 Å². The highest BCUT2D eigenvalue weighted by Gasteiger charge is 2.13. The number of aliphatic carboxylic acids is 2. The van der Waals surface area contributed by atoms with Crippen LogP contribution in [0.4, 0.5) is 0 Å². The lowest BCUT2D eigenvalue weighted by Gasteiger charge is -2.06. The van der Waals surface area contributed by atoms with Gasteiger partial charge in [-0.25, -0.2) is 4.79 Å². The number of rotatable bonds is 4. The molecule has 1 N–H and O–H groups in total. The zero-order chi connectivity index (χ0) is 15.1. The topological polar surface area (TPSA) is 95.9 Å². The molecule has 6 nitrogen and oxygen atoms in total. The van der Waals surface area contributed by atoms with Crippen LogP contribution < -0.4 is 14.6 Å². The van der Waals surface area contributed by atoms with Gasteiger partial charge in [0.2, 0.25) is 6.79 Å². The summed E-state index contributed by atoms with van der Waals surface area (Å²) in [7, 11) is 0. The van der Waals surface area contributed by atoms with E-state index < -0.39 is 11.9 Å². The van der Waals surface area contributed by atoms with Crippen LogP contribution in [0, 0.1) is 0 Å². The first kappa shape index (κ1) is 15.3. The highest BCUT2D eigenvalue weighted by atomic mass is 16.7. The van der Waals surface area contributed by atoms with Crippen LogP contribution in [0.25, 0.3) is 0 Å². The van der Waals surface area contributed by atoms with Crippen LogP contribution >= 0.6 is 0 Å². The van der Waals surface area contributed by atoms with Crippen molar-refractivity contribution >= 4 is 11.9 Å². The van der Waals surface area contributed by atoms with E-state index in [0.29, 0.717) is 11.5 Å². The molecule has 0 radical (unpaired) electrons. The van der Waals surface area contributed by atoms with E-state index in [0.717, 1.165) is 11.6 Å². The molecule has 0 unspecified atom stereocenters. The molecular weight excluding hydrogens is 264 g/mol. The Morgan fingerprint density at radius 1 is 1.35 bits per heavy atom. The monoisotopic (exact) mass is 277 g/mol. The summed E-state index contributed by atoms with van der Waals surface area (Å²) < 4.78 is 10.3. The normalized spacial score (nSPS) is 11.0. The molecule has 0 spiro atoms. The van der Waals surface area contributed by atoms with Gasteiger partial charge in [0.15, 0.2) is 11.5 Å². The minimum Gasteiger partial charge on any atom is -0.545 e. The van der Waals surface area contributed by atoms with Crippen molar-refractivity contribution in [2.45, 2.75) is 6.42 Å². The Kier molecular flexibility index (Phi) is 5.34. The van der Waals surface area contributed by atoms with E-state index in [-0.39, 0.29) is 18.8 Å². The molecule has 2 rings (SSSR count). The highest BCUT2D eigenvalue weighted by Crippen LogP contribution is 2.32. The van der Waals surface area contributed by atoms with Crippen molar-refractivity contribution < 1.29 is 29.3 Å². The van der Waals surface area contributed by atoms with Gasteiger partial charge in [0.05, 0.1) is 5.97 Å². The lowest BCUT2D eigenvalue weighted by Crippen LogP contribution is -2.24. The second kappa shape index (κ2) is 6.98. The summed E-state index contributed by atoms with van der Waals surface area (Å²) in [5.74, 6) is -0.894.